The molecule has 1 fully saturated rings. The molecule has 4 rings (SSSR count). The number of carbonyl (C=O) groups excluding carboxylic acids is 2. The van der Waals surface area contributed by atoms with Gasteiger partial charge in [0, 0.05) is 23.3 Å². The molecular formula is C20H16ClF2N5O2S. The van der Waals surface area contributed by atoms with E-state index in [2.05, 4.69) is 20.8 Å². The molecule has 2 aromatic carbocycles. The van der Waals surface area contributed by atoms with Gasteiger partial charge in [0.25, 0.3) is 5.91 Å². The highest BCUT2D eigenvalue weighted by Gasteiger charge is 2.33. The number of hydrogen-bond acceptors (Lipinski definition) is 5. The first-order valence-electron chi connectivity index (χ1n) is 9.34. The van der Waals surface area contributed by atoms with E-state index in [0.29, 0.717) is 35.1 Å². The number of benzene rings is 2. The van der Waals surface area contributed by atoms with Crippen molar-refractivity contribution in [3.05, 3.63) is 69.1 Å². The van der Waals surface area contributed by atoms with Crippen LogP contribution in [0.4, 0.5) is 25.0 Å². The highest BCUT2D eigenvalue weighted by Crippen LogP contribution is 2.34. The van der Waals surface area contributed by atoms with E-state index in [-0.39, 0.29) is 10.7 Å². The van der Waals surface area contributed by atoms with Gasteiger partial charge >= 0.3 is 6.03 Å². The second kappa shape index (κ2) is 8.94. The van der Waals surface area contributed by atoms with Crippen LogP contribution in [0.1, 0.15) is 33.7 Å². The standard InChI is InChI=1S/C20H16ClF2N5O2S/c21-11-3-1-4-13(9-11)24-17(29)19-27-26-18(31-19)16-5-2-8-28(16)20(30)25-15-10-12(22)6-7-14(15)23/h1,3-4,6-7,9-10,16H,2,5,8H2,(H,24,29)(H,25,30)/t16-/m1/s1. The Labute approximate surface area is 185 Å². The van der Waals surface area contributed by atoms with Crippen LogP contribution in [0.25, 0.3) is 0 Å². The Balaban J connectivity index is 1.46. The molecule has 2 N–H and O–H groups in total. The van der Waals surface area contributed by atoms with E-state index in [1.807, 2.05) is 0 Å². The Hall–Kier alpha value is -3.11. The van der Waals surface area contributed by atoms with E-state index in [0.717, 1.165) is 29.5 Å². The average Bonchev–Trinajstić information content (AvgIpc) is 3.40. The summed E-state index contributed by atoms with van der Waals surface area (Å²) in [7, 11) is 0. The number of aromatic nitrogens is 2. The second-order valence-corrected chi connectivity index (χ2v) is 8.26. The van der Waals surface area contributed by atoms with Gasteiger partial charge in [-0.25, -0.2) is 13.6 Å². The fourth-order valence-electron chi connectivity index (χ4n) is 3.26. The van der Waals surface area contributed by atoms with Crippen LogP contribution in [0, 0.1) is 11.6 Å². The zero-order valence-electron chi connectivity index (χ0n) is 15.9. The van der Waals surface area contributed by atoms with Gasteiger partial charge in [0.2, 0.25) is 5.01 Å². The molecule has 1 atom stereocenters. The van der Waals surface area contributed by atoms with Crippen molar-refractivity contribution >= 4 is 46.3 Å². The molecule has 7 nitrogen and oxygen atoms in total. The van der Waals surface area contributed by atoms with Gasteiger partial charge in [-0.05, 0) is 43.2 Å². The Morgan fingerprint density at radius 2 is 1.97 bits per heavy atom. The summed E-state index contributed by atoms with van der Waals surface area (Å²) in [6.07, 6.45) is 1.32. The highest BCUT2D eigenvalue weighted by atomic mass is 35.5. The zero-order valence-corrected chi connectivity index (χ0v) is 17.5. The number of nitrogens with zero attached hydrogens (tertiary/aromatic N) is 3. The number of hydrogen-bond donors (Lipinski definition) is 2. The van der Waals surface area contributed by atoms with E-state index in [1.54, 1.807) is 24.3 Å². The second-order valence-electron chi connectivity index (χ2n) is 6.82. The van der Waals surface area contributed by atoms with Crippen LogP contribution in [0.5, 0.6) is 0 Å². The highest BCUT2D eigenvalue weighted by molar-refractivity contribution is 7.13. The lowest BCUT2D eigenvalue weighted by Crippen LogP contribution is -2.34. The van der Waals surface area contributed by atoms with Gasteiger partial charge in [0.05, 0.1) is 11.7 Å². The third kappa shape index (κ3) is 4.80. The molecular weight excluding hydrogens is 448 g/mol. The maximum absolute atomic E-state index is 13.9. The van der Waals surface area contributed by atoms with Crippen molar-refractivity contribution in [2.45, 2.75) is 18.9 Å². The van der Waals surface area contributed by atoms with Crippen LogP contribution in [-0.2, 0) is 0 Å². The molecule has 1 aliphatic heterocycles. The number of halogens is 3. The quantitative estimate of drug-likeness (QED) is 0.564. The molecule has 0 radical (unpaired) electrons. The molecule has 1 aliphatic rings. The van der Waals surface area contributed by atoms with Gasteiger partial charge in [-0.15, -0.1) is 10.2 Å². The maximum Gasteiger partial charge on any atom is 0.322 e. The van der Waals surface area contributed by atoms with E-state index >= 15 is 0 Å². The van der Waals surface area contributed by atoms with Crippen LogP contribution < -0.4 is 10.6 Å². The van der Waals surface area contributed by atoms with Crippen LogP contribution in [0.15, 0.2) is 42.5 Å². The largest absolute Gasteiger partial charge is 0.322 e. The first-order valence-corrected chi connectivity index (χ1v) is 10.5. The summed E-state index contributed by atoms with van der Waals surface area (Å²) < 4.78 is 27.2. The molecule has 31 heavy (non-hydrogen) atoms. The topological polar surface area (TPSA) is 87.2 Å². The van der Waals surface area contributed by atoms with Crippen LogP contribution in [-0.4, -0.2) is 33.6 Å². The van der Waals surface area contributed by atoms with E-state index in [9.17, 15) is 18.4 Å². The molecule has 3 aromatic rings. The number of carbonyl (C=O) groups is 2. The van der Waals surface area contributed by atoms with E-state index < -0.39 is 29.6 Å². The van der Waals surface area contributed by atoms with Gasteiger partial charge in [-0.1, -0.05) is 29.0 Å². The van der Waals surface area contributed by atoms with Crippen LogP contribution >= 0.6 is 22.9 Å². The summed E-state index contributed by atoms with van der Waals surface area (Å²) in [6, 6.07) is 8.55. The smallest absolute Gasteiger partial charge is 0.320 e. The lowest BCUT2D eigenvalue weighted by Gasteiger charge is -2.23. The number of anilines is 2. The minimum absolute atomic E-state index is 0.137. The normalized spacial score (nSPS) is 15.7. The molecule has 0 spiro atoms. The summed E-state index contributed by atoms with van der Waals surface area (Å²) in [5, 5.41) is 14.2. The SMILES string of the molecule is O=C(Nc1cccc(Cl)c1)c1nnc([C@H]2CCCN2C(=O)Nc2cc(F)ccc2F)s1. The fraction of sp³-hybridized carbons (Fsp3) is 0.200. The molecule has 0 bridgehead atoms. The fourth-order valence-corrected chi connectivity index (χ4v) is 4.34. The van der Waals surface area contributed by atoms with Gasteiger partial charge in [-0.2, -0.15) is 0 Å². The zero-order chi connectivity index (χ0) is 22.0. The Bertz CT molecular complexity index is 1140. The number of likely N-dealkylation sites (tertiary alicyclic amines) is 1. The number of rotatable bonds is 4. The predicted octanol–water partition coefficient (Wildman–Crippen LogP) is 5.09. The van der Waals surface area contributed by atoms with Gasteiger partial charge in [0.1, 0.15) is 16.6 Å². The molecule has 11 heteroatoms. The molecule has 160 valence electrons. The van der Waals surface area contributed by atoms with Crippen molar-refractivity contribution in [2.75, 3.05) is 17.2 Å². The lowest BCUT2D eigenvalue weighted by atomic mass is 10.2. The summed E-state index contributed by atoms with van der Waals surface area (Å²) in [5.41, 5.74) is 0.280. The predicted molar refractivity (Wildman–Crippen MR) is 113 cm³/mol. The molecule has 1 saturated heterocycles. The molecule has 2 heterocycles. The molecule has 1 aromatic heterocycles. The summed E-state index contributed by atoms with van der Waals surface area (Å²) in [6.45, 7) is 0.414. The summed E-state index contributed by atoms with van der Waals surface area (Å²) >= 11 is 6.99. The average molecular weight is 464 g/mol. The van der Waals surface area contributed by atoms with Crippen LogP contribution in [0.3, 0.4) is 0 Å². The molecule has 0 unspecified atom stereocenters. The van der Waals surface area contributed by atoms with Crippen molar-refractivity contribution in [1.82, 2.24) is 15.1 Å². The van der Waals surface area contributed by atoms with Crippen molar-refractivity contribution in [3.8, 4) is 0 Å². The summed E-state index contributed by atoms with van der Waals surface area (Å²) in [5.74, 6) is -1.84. The maximum atomic E-state index is 13.9. The van der Waals surface area contributed by atoms with E-state index in [4.69, 9.17) is 11.6 Å². The Morgan fingerprint density at radius 3 is 2.77 bits per heavy atom. The van der Waals surface area contributed by atoms with Crippen molar-refractivity contribution in [2.24, 2.45) is 0 Å². The van der Waals surface area contributed by atoms with Gasteiger partial charge in [0.15, 0.2) is 0 Å². The first-order chi connectivity index (χ1) is 14.9. The van der Waals surface area contributed by atoms with E-state index in [1.165, 1.54) is 4.90 Å². The number of urea groups is 1. The van der Waals surface area contributed by atoms with Crippen LogP contribution in [0.2, 0.25) is 5.02 Å². The Kier molecular flexibility index (Phi) is 6.10. The lowest BCUT2D eigenvalue weighted by molar-refractivity contribution is 0.102. The van der Waals surface area contributed by atoms with Crippen molar-refractivity contribution in [1.29, 1.82) is 0 Å². The first kappa shape index (κ1) is 21.1. The number of amides is 3. The summed E-state index contributed by atoms with van der Waals surface area (Å²) in [4.78, 5) is 26.6. The van der Waals surface area contributed by atoms with Crippen molar-refractivity contribution < 1.29 is 18.4 Å². The van der Waals surface area contributed by atoms with Gasteiger partial charge < -0.3 is 15.5 Å². The minimum atomic E-state index is -0.735. The molecule has 0 saturated carbocycles. The number of nitrogens with one attached hydrogen (secondary N) is 2. The third-order valence-corrected chi connectivity index (χ3v) is 5.94. The minimum Gasteiger partial charge on any atom is -0.320 e. The molecule has 3 amide bonds. The monoisotopic (exact) mass is 463 g/mol. The van der Waals surface area contributed by atoms with Crippen molar-refractivity contribution in [3.63, 3.8) is 0 Å². The van der Waals surface area contributed by atoms with Gasteiger partial charge in [-0.3, -0.25) is 4.79 Å². The Morgan fingerprint density at radius 1 is 1.13 bits per heavy atom. The molecule has 0 aliphatic carbocycles. The third-order valence-electron chi connectivity index (χ3n) is 4.69.